The molecule has 10 nitrogen and oxygen atoms in total. The molecule has 3 aromatic carbocycles. The van der Waals surface area contributed by atoms with Gasteiger partial charge in [0.25, 0.3) is 5.91 Å². The molecule has 2 saturated heterocycles. The van der Waals surface area contributed by atoms with Gasteiger partial charge in [-0.15, -0.1) is 0 Å². The lowest BCUT2D eigenvalue weighted by molar-refractivity contribution is 0.0301. The second-order valence-corrected chi connectivity index (χ2v) is 10.5. The first kappa shape index (κ1) is 26.3. The maximum absolute atomic E-state index is 16.1. The smallest absolute Gasteiger partial charge is 0.409 e. The Kier molecular flexibility index (Phi) is 6.46. The number of pyridine rings is 1. The summed E-state index contributed by atoms with van der Waals surface area (Å²) in [5.74, 6) is -0.359. The molecule has 0 unspecified atom stereocenters. The summed E-state index contributed by atoms with van der Waals surface area (Å²) in [4.78, 5) is 44.6. The summed E-state index contributed by atoms with van der Waals surface area (Å²) in [6, 6.07) is 12.8. The zero-order chi connectivity index (χ0) is 29.0. The van der Waals surface area contributed by atoms with Crippen molar-refractivity contribution in [2.45, 2.75) is 6.92 Å². The number of fused-ring (bicyclic) bond motifs is 3. The van der Waals surface area contributed by atoms with E-state index in [4.69, 9.17) is 14.2 Å². The van der Waals surface area contributed by atoms with Gasteiger partial charge in [-0.25, -0.2) is 9.18 Å². The number of rotatable bonds is 3. The summed E-state index contributed by atoms with van der Waals surface area (Å²) in [6.45, 7) is 4.93. The number of amides is 2. The van der Waals surface area contributed by atoms with Crippen molar-refractivity contribution in [3.05, 3.63) is 70.3 Å². The maximum Gasteiger partial charge on any atom is 0.409 e. The normalized spacial score (nSPS) is 16.4. The molecular formula is C31H29FN4O6. The maximum atomic E-state index is 16.1. The monoisotopic (exact) mass is 572 g/mol. The second-order valence-electron chi connectivity index (χ2n) is 10.5. The Morgan fingerprint density at radius 2 is 1.67 bits per heavy atom. The lowest BCUT2D eigenvalue weighted by Gasteiger charge is -2.37. The molecule has 0 bridgehead atoms. The quantitative estimate of drug-likeness (QED) is 0.321. The molecular weight excluding hydrogens is 543 g/mol. The molecule has 1 aromatic heterocycles. The Morgan fingerprint density at radius 3 is 2.38 bits per heavy atom. The first-order chi connectivity index (χ1) is 20.4. The van der Waals surface area contributed by atoms with E-state index in [1.807, 2.05) is 41.3 Å². The molecule has 0 aliphatic carbocycles. The minimum atomic E-state index is -0.633. The van der Waals surface area contributed by atoms with Crippen LogP contribution in [0.15, 0.2) is 53.5 Å². The number of benzene rings is 3. The van der Waals surface area contributed by atoms with Crippen LogP contribution in [0.3, 0.4) is 0 Å². The highest BCUT2D eigenvalue weighted by Gasteiger charge is 2.33. The van der Waals surface area contributed by atoms with Crippen LogP contribution in [0.2, 0.25) is 0 Å². The van der Waals surface area contributed by atoms with Crippen LogP contribution < -0.4 is 15.1 Å². The molecule has 7 rings (SSSR count). The van der Waals surface area contributed by atoms with E-state index in [-0.39, 0.29) is 29.0 Å². The molecule has 4 aromatic rings. The van der Waals surface area contributed by atoms with Gasteiger partial charge in [0.15, 0.2) is 17.3 Å². The van der Waals surface area contributed by atoms with Crippen molar-refractivity contribution < 1.29 is 28.2 Å². The van der Waals surface area contributed by atoms with Crippen molar-refractivity contribution >= 4 is 39.4 Å². The number of ether oxygens (including phenoxy) is 3. The fourth-order valence-electron chi connectivity index (χ4n) is 6.00. The predicted octanol–water partition coefficient (Wildman–Crippen LogP) is 4.14. The van der Waals surface area contributed by atoms with Crippen molar-refractivity contribution in [2.24, 2.45) is 0 Å². The van der Waals surface area contributed by atoms with Crippen LogP contribution in [-0.4, -0.2) is 85.5 Å². The summed E-state index contributed by atoms with van der Waals surface area (Å²) in [5, 5.41) is 1.95. The lowest BCUT2D eigenvalue weighted by Crippen LogP contribution is -2.49. The topological polar surface area (TPSA) is 93.5 Å². The number of carbonyl (C=O) groups excluding carboxylic acids is 2. The third kappa shape index (κ3) is 4.23. The fourth-order valence-corrected chi connectivity index (χ4v) is 6.00. The Hall–Kier alpha value is -4.64. The molecule has 0 radical (unpaired) electrons. The highest BCUT2D eigenvalue weighted by atomic mass is 19.1. The van der Waals surface area contributed by atoms with Gasteiger partial charge >= 0.3 is 6.09 Å². The molecule has 11 heteroatoms. The van der Waals surface area contributed by atoms with Crippen LogP contribution in [0.1, 0.15) is 17.3 Å². The number of anilines is 1. The molecule has 2 amide bonds. The van der Waals surface area contributed by atoms with Crippen molar-refractivity contribution in [1.29, 1.82) is 0 Å². The summed E-state index contributed by atoms with van der Waals surface area (Å²) in [5.41, 5.74) is 0.665. The molecule has 3 aliphatic rings. The fraction of sp³-hybridized carbons (Fsp3) is 0.323. The third-order valence-corrected chi connectivity index (χ3v) is 8.12. The number of nitrogens with zero attached hydrogens (tertiary/aromatic N) is 4. The summed E-state index contributed by atoms with van der Waals surface area (Å²) in [7, 11) is 0. The average Bonchev–Trinajstić information content (AvgIpc) is 3.01. The number of hydrogen-bond acceptors (Lipinski definition) is 7. The van der Waals surface area contributed by atoms with Gasteiger partial charge in [-0.3, -0.25) is 9.59 Å². The zero-order valence-electron chi connectivity index (χ0n) is 23.1. The number of morpholine rings is 1. The predicted molar refractivity (Wildman–Crippen MR) is 155 cm³/mol. The number of carbonyl (C=O) groups is 2. The van der Waals surface area contributed by atoms with Crippen LogP contribution in [0.25, 0.3) is 27.4 Å². The SMILES string of the molecule is CCOC(=O)N1CCN(c2c(F)cc3c(=O)c(C(=O)N4CCOCC4)cn4c3c2Oc2cc3ccccc3cc2-4)CC1. The molecule has 0 N–H and O–H groups in total. The van der Waals surface area contributed by atoms with E-state index in [2.05, 4.69) is 0 Å². The first-order valence-corrected chi connectivity index (χ1v) is 14.1. The largest absolute Gasteiger partial charge is 0.451 e. The number of piperazine rings is 1. The van der Waals surface area contributed by atoms with Crippen LogP contribution in [-0.2, 0) is 9.47 Å². The average molecular weight is 573 g/mol. The molecule has 216 valence electrons. The van der Waals surface area contributed by atoms with Crippen molar-refractivity contribution in [3.63, 3.8) is 0 Å². The van der Waals surface area contributed by atoms with Crippen molar-refractivity contribution in [2.75, 3.05) is 64.0 Å². The summed E-state index contributed by atoms with van der Waals surface area (Å²) < 4.78 is 34.8. The van der Waals surface area contributed by atoms with Gasteiger partial charge in [0.1, 0.15) is 16.8 Å². The number of aromatic nitrogens is 1. The first-order valence-electron chi connectivity index (χ1n) is 14.1. The van der Waals surface area contributed by atoms with Gasteiger partial charge in [0.2, 0.25) is 5.43 Å². The van der Waals surface area contributed by atoms with Crippen LogP contribution in [0, 0.1) is 5.82 Å². The highest BCUT2D eigenvalue weighted by molar-refractivity contribution is 6.02. The van der Waals surface area contributed by atoms with E-state index >= 15 is 4.39 Å². The minimum Gasteiger partial charge on any atom is -0.451 e. The van der Waals surface area contributed by atoms with Gasteiger partial charge in [-0.2, -0.15) is 0 Å². The molecule has 0 atom stereocenters. The summed E-state index contributed by atoms with van der Waals surface area (Å²) >= 11 is 0. The van der Waals surface area contributed by atoms with Crippen LogP contribution >= 0.6 is 0 Å². The van der Waals surface area contributed by atoms with E-state index in [1.165, 1.54) is 6.07 Å². The Morgan fingerprint density at radius 1 is 0.952 bits per heavy atom. The molecule has 4 heterocycles. The Labute approximate surface area is 240 Å². The summed E-state index contributed by atoms with van der Waals surface area (Å²) in [6.07, 6.45) is 1.16. The molecule has 3 aliphatic heterocycles. The van der Waals surface area contributed by atoms with E-state index < -0.39 is 23.2 Å². The van der Waals surface area contributed by atoms with E-state index in [1.54, 1.807) is 27.5 Å². The van der Waals surface area contributed by atoms with E-state index in [0.717, 1.165) is 10.8 Å². The van der Waals surface area contributed by atoms with Gasteiger partial charge in [0.05, 0.1) is 30.9 Å². The van der Waals surface area contributed by atoms with E-state index in [0.29, 0.717) is 69.4 Å². The van der Waals surface area contributed by atoms with Crippen molar-refractivity contribution in [1.82, 2.24) is 14.4 Å². The number of halogens is 1. The molecule has 42 heavy (non-hydrogen) atoms. The highest BCUT2D eigenvalue weighted by Crippen LogP contribution is 2.47. The van der Waals surface area contributed by atoms with Crippen LogP contribution in [0.5, 0.6) is 11.5 Å². The molecule has 0 spiro atoms. The van der Waals surface area contributed by atoms with Crippen molar-refractivity contribution in [3.8, 4) is 17.2 Å². The van der Waals surface area contributed by atoms with Gasteiger partial charge < -0.3 is 33.5 Å². The van der Waals surface area contributed by atoms with Gasteiger partial charge in [-0.1, -0.05) is 24.3 Å². The van der Waals surface area contributed by atoms with Gasteiger partial charge in [-0.05, 0) is 35.9 Å². The van der Waals surface area contributed by atoms with Crippen LogP contribution in [0.4, 0.5) is 14.9 Å². The molecule has 0 saturated carbocycles. The lowest BCUT2D eigenvalue weighted by atomic mass is 10.0. The van der Waals surface area contributed by atoms with Gasteiger partial charge in [0, 0.05) is 45.5 Å². The minimum absolute atomic E-state index is 0.0356. The second kappa shape index (κ2) is 10.3. The van der Waals surface area contributed by atoms with E-state index in [9.17, 15) is 14.4 Å². The third-order valence-electron chi connectivity index (χ3n) is 8.12. The molecule has 2 fully saturated rings. The zero-order valence-corrected chi connectivity index (χ0v) is 23.1. The Bertz CT molecular complexity index is 1810. The standard InChI is InChI=1S/C31H29FN4O6/c1-2-41-31(39)35-9-7-33(8-10-35)27-23(32)17-21-26-29(27)42-25-16-20-6-4-3-5-19(20)15-24(25)36(26)18-22(28(21)37)30(38)34-11-13-40-14-12-34/h3-6,15-18H,2,7-14H2,1H3. The number of hydrogen-bond donors (Lipinski definition) is 0. The Balaban J connectivity index is 1.41.